The zero-order valence-electron chi connectivity index (χ0n) is 26.1. The van der Waals surface area contributed by atoms with Gasteiger partial charge in [0, 0.05) is 29.3 Å². The number of amides is 2. The predicted molar refractivity (Wildman–Crippen MR) is 177 cm³/mol. The first-order chi connectivity index (χ1) is 22.4. The number of alkyl halides is 3. The van der Waals surface area contributed by atoms with Crippen LogP contribution in [-0.4, -0.2) is 50.3 Å². The van der Waals surface area contributed by atoms with Gasteiger partial charge in [0.15, 0.2) is 11.0 Å². The van der Waals surface area contributed by atoms with Crippen molar-refractivity contribution in [3.63, 3.8) is 0 Å². The van der Waals surface area contributed by atoms with Gasteiger partial charge in [-0.15, -0.1) is 18.3 Å². The van der Waals surface area contributed by atoms with E-state index in [9.17, 15) is 23.2 Å². The van der Waals surface area contributed by atoms with Crippen molar-refractivity contribution in [3.05, 3.63) is 89.7 Å². The van der Waals surface area contributed by atoms with Crippen LogP contribution in [0.15, 0.2) is 83.0 Å². The van der Waals surface area contributed by atoms with Crippen LogP contribution in [0.1, 0.15) is 55.7 Å². The molecule has 0 bridgehead atoms. The molecule has 1 aliphatic heterocycles. The fourth-order valence-corrected chi connectivity index (χ4v) is 6.29. The molecule has 2 amide bonds. The molecule has 1 saturated heterocycles. The van der Waals surface area contributed by atoms with Crippen LogP contribution in [0.5, 0.6) is 5.75 Å². The SMILES string of the molecule is Cc1ccc(C(C)C)c(N2C(=NC(=O)N=CC(C#N)c3ccc(-c4ncn(-c5ccc(OC(F)(F)F)cc5)n4)cc3)SCCC2C)c1. The quantitative estimate of drug-likeness (QED) is 0.183. The first kappa shape index (κ1) is 33.4. The molecular formula is C34H32F3N7O2S. The number of urea groups is 1. The summed E-state index contributed by atoms with van der Waals surface area (Å²) in [4.78, 5) is 27.8. The smallest absolute Gasteiger partial charge is 0.406 e. The Morgan fingerprint density at radius 3 is 2.51 bits per heavy atom. The molecular weight excluding hydrogens is 627 g/mol. The molecule has 0 saturated carbocycles. The number of carbonyl (C=O) groups is 1. The van der Waals surface area contributed by atoms with Gasteiger partial charge < -0.3 is 9.64 Å². The van der Waals surface area contributed by atoms with E-state index in [0.717, 1.165) is 23.4 Å². The average molecular weight is 660 g/mol. The number of thioether (sulfide) groups is 1. The molecule has 2 unspecified atom stereocenters. The number of rotatable bonds is 7. The molecule has 13 heteroatoms. The third-order valence-electron chi connectivity index (χ3n) is 7.50. The van der Waals surface area contributed by atoms with Gasteiger partial charge in [-0.2, -0.15) is 10.3 Å². The number of hydrogen-bond donors (Lipinski definition) is 0. The largest absolute Gasteiger partial charge is 0.573 e. The minimum absolute atomic E-state index is 0.149. The molecule has 1 fully saturated rings. The van der Waals surface area contributed by atoms with Crippen molar-refractivity contribution >= 4 is 34.9 Å². The molecule has 3 aromatic carbocycles. The van der Waals surface area contributed by atoms with Gasteiger partial charge in [0.1, 0.15) is 18.0 Å². The number of halogens is 3. The van der Waals surface area contributed by atoms with E-state index in [-0.39, 0.29) is 17.7 Å². The molecule has 1 aliphatic rings. The molecule has 0 N–H and O–H groups in total. The monoisotopic (exact) mass is 659 g/mol. The van der Waals surface area contributed by atoms with Gasteiger partial charge in [-0.1, -0.05) is 62.0 Å². The van der Waals surface area contributed by atoms with Crippen molar-refractivity contribution in [2.24, 2.45) is 9.98 Å². The Balaban J connectivity index is 1.29. The lowest BCUT2D eigenvalue weighted by molar-refractivity contribution is -0.274. The van der Waals surface area contributed by atoms with Crippen LogP contribution in [0.25, 0.3) is 17.1 Å². The second-order valence-electron chi connectivity index (χ2n) is 11.3. The van der Waals surface area contributed by atoms with E-state index >= 15 is 0 Å². The summed E-state index contributed by atoms with van der Waals surface area (Å²) >= 11 is 1.52. The van der Waals surface area contributed by atoms with Crippen molar-refractivity contribution in [2.45, 2.75) is 58.4 Å². The number of nitriles is 1. The lowest BCUT2D eigenvalue weighted by Crippen LogP contribution is -2.42. The lowest BCUT2D eigenvalue weighted by Gasteiger charge is -2.37. The third kappa shape index (κ3) is 8.26. The van der Waals surface area contributed by atoms with Gasteiger partial charge in [0.05, 0.1) is 11.8 Å². The molecule has 0 radical (unpaired) electrons. The van der Waals surface area contributed by atoms with Crippen molar-refractivity contribution in [3.8, 4) is 28.9 Å². The highest BCUT2D eigenvalue weighted by atomic mass is 32.2. The van der Waals surface area contributed by atoms with Gasteiger partial charge >= 0.3 is 12.4 Å². The summed E-state index contributed by atoms with van der Waals surface area (Å²) in [6, 6.07) is 20.1. The molecule has 47 heavy (non-hydrogen) atoms. The maximum Gasteiger partial charge on any atom is 0.573 e. The standard InChI is InChI=1S/C34H32F3N7O2S/c1-21(2)29-14-5-22(3)17-30(29)44-23(4)15-16-47-33(44)41-32(45)39-19-26(18-38)24-6-8-25(9-7-24)31-40-20-43(42-31)27-10-12-28(13-11-27)46-34(35,36)37/h5-14,17,19-21,23,26H,15-16H2,1-4H3. The molecule has 9 nitrogen and oxygen atoms in total. The van der Waals surface area contributed by atoms with Crippen molar-refractivity contribution < 1.29 is 22.7 Å². The highest BCUT2D eigenvalue weighted by Gasteiger charge is 2.31. The first-order valence-corrected chi connectivity index (χ1v) is 15.9. The van der Waals surface area contributed by atoms with Crippen LogP contribution in [0.4, 0.5) is 23.7 Å². The van der Waals surface area contributed by atoms with E-state index < -0.39 is 18.3 Å². The first-order valence-electron chi connectivity index (χ1n) is 14.9. The number of nitrogens with zero attached hydrogens (tertiary/aromatic N) is 7. The van der Waals surface area contributed by atoms with Gasteiger partial charge in [-0.3, -0.25) is 0 Å². The Labute approximate surface area is 274 Å². The normalized spacial score (nSPS) is 16.9. The second-order valence-corrected chi connectivity index (χ2v) is 12.4. The van der Waals surface area contributed by atoms with Crippen LogP contribution >= 0.6 is 11.8 Å². The Morgan fingerprint density at radius 2 is 1.85 bits per heavy atom. The van der Waals surface area contributed by atoms with Crippen LogP contribution < -0.4 is 9.64 Å². The molecule has 0 aliphatic carbocycles. The summed E-state index contributed by atoms with van der Waals surface area (Å²) in [6.07, 6.45) is -1.09. The minimum atomic E-state index is -4.77. The van der Waals surface area contributed by atoms with E-state index in [1.807, 2.05) is 6.92 Å². The van der Waals surface area contributed by atoms with E-state index in [1.54, 1.807) is 24.3 Å². The average Bonchev–Trinajstić information content (AvgIpc) is 3.52. The Kier molecular flexibility index (Phi) is 10.1. The number of aromatic nitrogens is 3. The Hall–Kier alpha value is -4.96. The second kappa shape index (κ2) is 14.2. The summed E-state index contributed by atoms with van der Waals surface area (Å²) in [7, 11) is 0. The van der Waals surface area contributed by atoms with Gasteiger partial charge in [0.25, 0.3) is 0 Å². The van der Waals surface area contributed by atoms with Crippen LogP contribution in [-0.2, 0) is 0 Å². The van der Waals surface area contributed by atoms with Gasteiger partial charge in [-0.05, 0) is 73.2 Å². The zero-order valence-corrected chi connectivity index (χ0v) is 27.0. The summed E-state index contributed by atoms with van der Waals surface area (Å²) in [5.74, 6) is 0.359. The number of amidine groups is 1. The number of anilines is 1. The lowest BCUT2D eigenvalue weighted by atomic mass is 9.98. The summed E-state index contributed by atoms with van der Waals surface area (Å²) in [5.41, 5.74) is 5.10. The fourth-order valence-electron chi connectivity index (χ4n) is 5.09. The van der Waals surface area contributed by atoms with E-state index in [1.165, 1.54) is 58.8 Å². The van der Waals surface area contributed by atoms with Crippen molar-refractivity contribution in [1.29, 1.82) is 5.26 Å². The number of aryl methyl sites for hydroxylation is 1. The van der Waals surface area contributed by atoms with Crippen molar-refractivity contribution in [2.75, 3.05) is 10.7 Å². The Morgan fingerprint density at radius 1 is 1.13 bits per heavy atom. The molecule has 2 atom stereocenters. The summed E-state index contributed by atoms with van der Waals surface area (Å²) in [6.45, 7) is 8.45. The zero-order chi connectivity index (χ0) is 33.7. The van der Waals surface area contributed by atoms with E-state index in [4.69, 9.17) is 0 Å². The van der Waals surface area contributed by atoms with E-state index in [2.05, 4.69) is 74.7 Å². The number of benzene rings is 3. The summed E-state index contributed by atoms with van der Waals surface area (Å²) < 4.78 is 42.7. The molecule has 0 spiro atoms. The van der Waals surface area contributed by atoms with Gasteiger partial charge in [0.2, 0.25) is 0 Å². The number of hydrogen-bond acceptors (Lipinski definition) is 6. The maximum absolute atomic E-state index is 13.0. The fraction of sp³-hybridized carbons (Fsp3) is 0.294. The molecule has 4 aromatic rings. The van der Waals surface area contributed by atoms with Crippen molar-refractivity contribution in [1.82, 2.24) is 14.8 Å². The molecule has 242 valence electrons. The maximum atomic E-state index is 13.0. The number of ether oxygens (including phenoxy) is 1. The number of aliphatic imine (C=N–C) groups is 2. The third-order valence-corrected chi connectivity index (χ3v) is 8.49. The number of carbonyl (C=O) groups excluding carboxylic acids is 1. The predicted octanol–water partition coefficient (Wildman–Crippen LogP) is 8.45. The van der Waals surface area contributed by atoms with Crippen LogP contribution in [0, 0.1) is 18.3 Å². The molecule has 1 aromatic heterocycles. The topological polar surface area (TPSA) is 109 Å². The molecule has 5 rings (SSSR count). The Bertz CT molecular complexity index is 1830. The van der Waals surface area contributed by atoms with Crippen LogP contribution in [0.3, 0.4) is 0 Å². The van der Waals surface area contributed by atoms with Gasteiger partial charge in [-0.25, -0.2) is 19.5 Å². The van der Waals surface area contributed by atoms with Crippen LogP contribution in [0.2, 0.25) is 0 Å². The highest BCUT2D eigenvalue weighted by Crippen LogP contribution is 2.35. The summed E-state index contributed by atoms with van der Waals surface area (Å²) in [5, 5.41) is 14.8. The van der Waals surface area contributed by atoms with E-state index in [0.29, 0.717) is 27.8 Å². The minimum Gasteiger partial charge on any atom is -0.406 e. The molecule has 2 heterocycles. The highest BCUT2D eigenvalue weighted by molar-refractivity contribution is 8.14.